The molecule has 2 rings (SSSR count). The summed E-state index contributed by atoms with van der Waals surface area (Å²) in [7, 11) is 0. The van der Waals surface area contributed by atoms with E-state index in [9.17, 15) is 9.59 Å². The van der Waals surface area contributed by atoms with Gasteiger partial charge in [-0.15, -0.1) is 11.3 Å². The number of amides is 1. The third kappa shape index (κ3) is 3.36. The molecule has 2 aromatic heterocycles. The normalized spacial score (nSPS) is 12.1. The Morgan fingerprint density at radius 2 is 2.20 bits per heavy atom. The zero-order chi connectivity index (χ0) is 14.5. The Bertz CT molecular complexity index is 632. The fourth-order valence-corrected chi connectivity index (χ4v) is 2.86. The number of aryl methyl sites for hydroxylation is 1. The van der Waals surface area contributed by atoms with Crippen LogP contribution in [0, 0.1) is 6.92 Å². The van der Waals surface area contributed by atoms with Gasteiger partial charge in [0.25, 0.3) is 11.5 Å². The van der Waals surface area contributed by atoms with Crippen molar-refractivity contribution < 1.29 is 4.79 Å². The zero-order valence-electron chi connectivity index (χ0n) is 11.6. The second-order valence-electron chi connectivity index (χ2n) is 4.71. The van der Waals surface area contributed by atoms with Crippen LogP contribution in [0.2, 0.25) is 0 Å². The van der Waals surface area contributed by atoms with Crippen LogP contribution in [0.5, 0.6) is 0 Å². The monoisotopic (exact) mass is 290 g/mol. The highest BCUT2D eigenvalue weighted by molar-refractivity contribution is 7.10. The van der Waals surface area contributed by atoms with E-state index in [2.05, 4.69) is 17.2 Å². The summed E-state index contributed by atoms with van der Waals surface area (Å²) < 4.78 is 0. The van der Waals surface area contributed by atoms with Crippen LogP contribution in [0.25, 0.3) is 0 Å². The summed E-state index contributed by atoms with van der Waals surface area (Å²) in [5.74, 6) is -0.321. The predicted octanol–water partition coefficient (Wildman–Crippen LogP) is 3.02. The zero-order valence-corrected chi connectivity index (χ0v) is 12.4. The van der Waals surface area contributed by atoms with Crippen molar-refractivity contribution in [1.29, 1.82) is 0 Å². The number of aromatic amines is 1. The molecule has 0 bridgehead atoms. The van der Waals surface area contributed by atoms with Gasteiger partial charge in [-0.1, -0.05) is 19.4 Å². The average molecular weight is 290 g/mol. The van der Waals surface area contributed by atoms with Gasteiger partial charge in [0, 0.05) is 10.6 Å². The lowest BCUT2D eigenvalue weighted by Crippen LogP contribution is -2.32. The first-order valence-corrected chi connectivity index (χ1v) is 7.54. The van der Waals surface area contributed by atoms with Gasteiger partial charge in [0.05, 0.1) is 6.04 Å². The SMILES string of the molecule is CCC[C@@H](NC(=O)c1ccc(C)[nH]c1=O)c1cccs1. The van der Waals surface area contributed by atoms with Crippen LogP contribution >= 0.6 is 11.3 Å². The van der Waals surface area contributed by atoms with Crippen LogP contribution in [0.1, 0.15) is 46.7 Å². The number of H-pyrrole nitrogens is 1. The molecule has 20 heavy (non-hydrogen) atoms. The number of pyridine rings is 1. The van der Waals surface area contributed by atoms with E-state index in [1.54, 1.807) is 30.4 Å². The molecule has 0 saturated heterocycles. The molecule has 2 aromatic rings. The summed E-state index contributed by atoms with van der Waals surface area (Å²) in [6, 6.07) is 7.24. The molecule has 0 fully saturated rings. The quantitative estimate of drug-likeness (QED) is 0.889. The predicted molar refractivity (Wildman–Crippen MR) is 81.2 cm³/mol. The molecule has 0 aliphatic rings. The van der Waals surface area contributed by atoms with Gasteiger partial charge in [-0.05, 0) is 36.9 Å². The number of hydrogen-bond donors (Lipinski definition) is 2. The molecule has 106 valence electrons. The van der Waals surface area contributed by atoms with Crippen LogP contribution in [0.4, 0.5) is 0 Å². The minimum Gasteiger partial charge on any atom is -0.344 e. The molecule has 0 radical (unpaired) electrons. The van der Waals surface area contributed by atoms with Gasteiger partial charge >= 0.3 is 0 Å². The molecule has 1 amide bonds. The molecule has 0 saturated carbocycles. The van der Waals surface area contributed by atoms with E-state index in [0.717, 1.165) is 23.4 Å². The molecule has 0 aliphatic carbocycles. The fraction of sp³-hybridized carbons (Fsp3) is 0.333. The van der Waals surface area contributed by atoms with Gasteiger partial charge in [0.15, 0.2) is 0 Å². The van der Waals surface area contributed by atoms with Crippen molar-refractivity contribution in [3.63, 3.8) is 0 Å². The largest absolute Gasteiger partial charge is 0.344 e. The van der Waals surface area contributed by atoms with Crippen molar-refractivity contribution in [2.24, 2.45) is 0 Å². The first-order chi connectivity index (χ1) is 9.61. The fourth-order valence-electron chi connectivity index (χ4n) is 2.05. The lowest BCUT2D eigenvalue weighted by Gasteiger charge is -2.16. The first kappa shape index (κ1) is 14.5. The summed E-state index contributed by atoms with van der Waals surface area (Å²) >= 11 is 1.61. The Balaban J connectivity index is 2.18. The molecular weight excluding hydrogens is 272 g/mol. The van der Waals surface area contributed by atoms with Crippen LogP contribution < -0.4 is 10.9 Å². The Kier molecular flexibility index (Phi) is 4.74. The van der Waals surface area contributed by atoms with E-state index in [4.69, 9.17) is 0 Å². The van der Waals surface area contributed by atoms with Crippen LogP contribution in [0.3, 0.4) is 0 Å². The number of hydrogen-bond acceptors (Lipinski definition) is 3. The van der Waals surface area contributed by atoms with Gasteiger partial charge in [-0.2, -0.15) is 0 Å². The maximum Gasteiger partial charge on any atom is 0.260 e. The molecule has 0 unspecified atom stereocenters. The summed E-state index contributed by atoms with van der Waals surface area (Å²) in [4.78, 5) is 27.8. The Morgan fingerprint density at radius 3 is 2.80 bits per heavy atom. The van der Waals surface area contributed by atoms with Gasteiger partial charge in [0.2, 0.25) is 0 Å². The Morgan fingerprint density at radius 1 is 1.40 bits per heavy atom. The van der Waals surface area contributed by atoms with Gasteiger partial charge < -0.3 is 10.3 Å². The molecule has 0 aliphatic heterocycles. The first-order valence-electron chi connectivity index (χ1n) is 6.66. The number of rotatable bonds is 5. The third-order valence-electron chi connectivity index (χ3n) is 3.07. The van der Waals surface area contributed by atoms with Crippen molar-refractivity contribution in [3.05, 3.63) is 56.1 Å². The van der Waals surface area contributed by atoms with Crippen LogP contribution in [-0.4, -0.2) is 10.9 Å². The molecule has 0 spiro atoms. The van der Waals surface area contributed by atoms with Crippen molar-refractivity contribution in [2.45, 2.75) is 32.7 Å². The maximum absolute atomic E-state index is 12.2. The molecule has 1 atom stereocenters. The number of carbonyl (C=O) groups is 1. The molecule has 2 heterocycles. The molecule has 4 nitrogen and oxygen atoms in total. The highest BCUT2D eigenvalue weighted by Gasteiger charge is 2.17. The molecule has 2 N–H and O–H groups in total. The van der Waals surface area contributed by atoms with Crippen LogP contribution in [-0.2, 0) is 0 Å². The van der Waals surface area contributed by atoms with Crippen molar-refractivity contribution in [2.75, 3.05) is 0 Å². The highest BCUT2D eigenvalue weighted by atomic mass is 32.1. The van der Waals surface area contributed by atoms with E-state index in [0.29, 0.717) is 0 Å². The van der Waals surface area contributed by atoms with E-state index in [1.807, 2.05) is 17.5 Å². The Labute approximate surface area is 121 Å². The van der Waals surface area contributed by atoms with Crippen molar-refractivity contribution in [3.8, 4) is 0 Å². The van der Waals surface area contributed by atoms with Gasteiger partial charge in [0.1, 0.15) is 5.56 Å². The number of aromatic nitrogens is 1. The number of nitrogens with one attached hydrogen (secondary N) is 2. The molecule has 0 aromatic carbocycles. The number of carbonyl (C=O) groups excluding carboxylic acids is 1. The van der Waals surface area contributed by atoms with Crippen molar-refractivity contribution in [1.82, 2.24) is 10.3 Å². The second kappa shape index (κ2) is 6.52. The van der Waals surface area contributed by atoms with E-state index in [1.165, 1.54) is 0 Å². The molecule has 5 heteroatoms. The minimum atomic E-state index is -0.344. The van der Waals surface area contributed by atoms with Gasteiger partial charge in [-0.3, -0.25) is 9.59 Å². The lowest BCUT2D eigenvalue weighted by atomic mass is 10.1. The summed E-state index contributed by atoms with van der Waals surface area (Å²) in [5, 5.41) is 4.94. The van der Waals surface area contributed by atoms with Crippen molar-refractivity contribution >= 4 is 17.2 Å². The summed E-state index contributed by atoms with van der Waals surface area (Å²) in [5.41, 5.74) is 0.562. The second-order valence-corrected chi connectivity index (χ2v) is 5.69. The summed E-state index contributed by atoms with van der Waals surface area (Å²) in [6.07, 6.45) is 1.82. The van der Waals surface area contributed by atoms with Gasteiger partial charge in [-0.25, -0.2) is 0 Å². The van der Waals surface area contributed by atoms with E-state index < -0.39 is 0 Å². The lowest BCUT2D eigenvalue weighted by molar-refractivity contribution is 0.0933. The third-order valence-corrected chi connectivity index (χ3v) is 4.06. The minimum absolute atomic E-state index is 0.0341. The van der Waals surface area contributed by atoms with E-state index in [-0.39, 0.29) is 23.1 Å². The van der Waals surface area contributed by atoms with Crippen LogP contribution in [0.15, 0.2) is 34.4 Å². The average Bonchev–Trinajstić information content (AvgIpc) is 2.91. The Hall–Kier alpha value is -1.88. The molecular formula is C15H18N2O2S. The standard InChI is InChI=1S/C15H18N2O2S/c1-3-5-12(13-6-4-9-20-13)17-15(19)11-8-7-10(2)16-14(11)18/h4,6-9,12H,3,5H2,1-2H3,(H,16,18)(H,17,19)/t12-/m1/s1. The maximum atomic E-state index is 12.2. The van der Waals surface area contributed by atoms with E-state index >= 15 is 0 Å². The number of thiophene rings is 1. The smallest absolute Gasteiger partial charge is 0.260 e. The highest BCUT2D eigenvalue weighted by Crippen LogP contribution is 2.23. The summed E-state index contributed by atoms with van der Waals surface area (Å²) in [6.45, 7) is 3.86. The topological polar surface area (TPSA) is 62.0 Å².